The van der Waals surface area contributed by atoms with Crippen molar-refractivity contribution in [1.29, 1.82) is 0 Å². The second-order valence-electron chi connectivity index (χ2n) is 7.15. The molecule has 5 rings (SSSR count). The van der Waals surface area contributed by atoms with Crippen LogP contribution in [-0.2, 0) is 19.4 Å². The van der Waals surface area contributed by atoms with E-state index in [1.165, 1.54) is 15.4 Å². The summed E-state index contributed by atoms with van der Waals surface area (Å²) in [4.78, 5) is 19.0. The zero-order valence-electron chi connectivity index (χ0n) is 15.5. The van der Waals surface area contributed by atoms with E-state index in [4.69, 9.17) is 9.97 Å². The van der Waals surface area contributed by atoms with E-state index in [2.05, 4.69) is 33.1 Å². The average Bonchev–Trinajstić information content (AvgIpc) is 3.12. The van der Waals surface area contributed by atoms with Crippen LogP contribution in [0.15, 0.2) is 35.4 Å². The topological polar surface area (TPSA) is 66.0 Å². The SMILES string of the molecule is Sc1cccc(Nc2ncc3c(n2)-c2nc(CN4CCNCC4)sc2CC3)c1. The van der Waals surface area contributed by atoms with Crippen LogP contribution < -0.4 is 10.6 Å². The van der Waals surface area contributed by atoms with Crippen LogP contribution in [0.25, 0.3) is 11.4 Å². The van der Waals surface area contributed by atoms with Gasteiger partial charge in [0.25, 0.3) is 0 Å². The van der Waals surface area contributed by atoms with Gasteiger partial charge in [-0.2, -0.15) is 0 Å². The molecule has 8 heteroatoms. The first-order valence-corrected chi connectivity index (χ1v) is 10.8. The molecule has 28 heavy (non-hydrogen) atoms. The van der Waals surface area contributed by atoms with E-state index in [1.807, 2.05) is 41.8 Å². The Hall–Kier alpha value is -2.00. The number of fused-ring (bicyclic) bond motifs is 3. The van der Waals surface area contributed by atoms with Crippen LogP contribution >= 0.6 is 24.0 Å². The highest BCUT2D eigenvalue weighted by Crippen LogP contribution is 2.36. The number of thiazole rings is 1. The summed E-state index contributed by atoms with van der Waals surface area (Å²) in [6.07, 6.45) is 3.94. The summed E-state index contributed by atoms with van der Waals surface area (Å²) in [5.41, 5.74) is 4.13. The van der Waals surface area contributed by atoms with Gasteiger partial charge in [-0.25, -0.2) is 15.0 Å². The Morgan fingerprint density at radius 2 is 2.04 bits per heavy atom. The Kier molecular flexibility index (Phi) is 5.02. The van der Waals surface area contributed by atoms with Crippen molar-refractivity contribution in [2.75, 3.05) is 31.5 Å². The Labute approximate surface area is 173 Å². The van der Waals surface area contributed by atoms with E-state index in [1.54, 1.807) is 0 Å². The third-order valence-electron chi connectivity index (χ3n) is 5.12. The quantitative estimate of drug-likeness (QED) is 0.575. The monoisotopic (exact) mass is 410 g/mol. The first-order valence-electron chi connectivity index (χ1n) is 9.58. The van der Waals surface area contributed by atoms with Gasteiger partial charge in [-0.3, -0.25) is 4.90 Å². The number of aryl methyl sites for hydroxylation is 2. The molecule has 0 saturated carbocycles. The van der Waals surface area contributed by atoms with E-state index in [0.717, 1.165) is 67.5 Å². The van der Waals surface area contributed by atoms with Gasteiger partial charge in [-0.05, 0) is 36.6 Å². The molecule has 0 bridgehead atoms. The number of hydrogen-bond acceptors (Lipinski definition) is 8. The number of nitrogens with zero attached hydrogens (tertiary/aromatic N) is 4. The average molecular weight is 411 g/mol. The molecule has 1 saturated heterocycles. The summed E-state index contributed by atoms with van der Waals surface area (Å²) in [5, 5.41) is 7.88. The maximum Gasteiger partial charge on any atom is 0.227 e. The second kappa shape index (κ2) is 7.79. The maximum atomic E-state index is 4.97. The number of hydrogen-bond donors (Lipinski definition) is 3. The summed E-state index contributed by atoms with van der Waals surface area (Å²) >= 11 is 6.24. The van der Waals surface area contributed by atoms with Gasteiger partial charge >= 0.3 is 0 Å². The van der Waals surface area contributed by atoms with Crippen molar-refractivity contribution in [3.05, 3.63) is 45.9 Å². The van der Waals surface area contributed by atoms with E-state index in [9.17, 15) is 0 Å². The van der Waals surface area contributed by atoms with Gasteiger partial charge in [0.1, 0.15) is 10.7 Å². The van der Waals surface area contributed by atoms with Crippen molar-refractivity contribution in [2.45, 2.75) is 24.3 Å². The van der Waals surface area contributed by atoms with Crippen LogP contribution in [0, 0.1) is 0 Å². The molecule has 0 unspecified atom stereocenters. The Bertz CT molecular complexity index is 996. The highest BCUT2D eigenvalue weighted by molar-refractivity contribution is 7.80. The van der Waals surface area contributed by atoms with E-state index in [0.29, 0.717) is 5.95 Å². The Morgan fingerprint density at radius 3 is 2.89 bits per heavy atom. The predicted molar refractivity (Wildman–Crippen MR) is 116 cm³/mol. The van der Waals surface area contributed by atoms with Crippen LogP contribution in [-0.4, -0.2) is 46.0 Å². The molecular formula is C20H22N6S2. The third-order valence-corrected chi connectivity index (χ3v) is 6.50. The van der Waals surface area contributed by atoms with Crippen molar-refractivity contribution < 1.29 is 0 Å². The highest BCUT2D eigenvalue weighted by atomic mass is 32.1. The highest BCUT2D eigenvalue weighted by Gasteiger charge is 2.24. The lowest BCUT2D eigenvalue weighted by Gasteiger charge is -2.26. The molecule has 6 nitrogen and oxygen atoms in total. The second-order valence-corrected chi connectivity index (χ2v) is 8.83. The van der Waals surface area contributed by atoms with Gasteiger partial charge in [0.15, 0.2) is 0 Å². The van der Waals surface area contributed by atoms with Crippen molar-refractivity contribution in [3.63, 3.8) is 0 Å². The Balaban J connectivity index is 1.41. The standard InChI is InChI=1S/C20H22N6S2/c27-15-3-1-2-14(10-15)23-20-22-11-13-4-5-16-19(18(13)25-20)24-17(28-16)12-26-8-6-21-7-9-26/h1-3,10-11,21,27H,4-9,12H2,(H,22,23,25). The van der Waals surface area contributed by atoms with Gasteiger partial charge in [-0.15, -0.1) is 24.0 Å². The van der Waals surface area contributed by atoms with Gasteiger partial charge < -0.3 is 10.6 Å². The Morgan fingerprint density at radius 1 is 1.14 bits per heavy atom. The number of anilines is 2. The number of aromatic nitrogens is 3. The van der Waals surface area contributed by atoms with Crippen molar-refractivity contribution in [1.82, 2.24) is 25.2 Å². The van der Waals surface area contributed by atoms with E-state index >= 15 is 0 Å². The molecule has 0 spiro atoms. The third kappa shape index (κ3) is 3.77. The largest absolute Gasteiger partial charge is 0.324 e. The summed E-state index contributed by atoms with van der Waals surface area (Å²) in [7, 11) is 0. The fourth-order valence-corrected chi connectivity index (χ4v) is 5.04. The lowest BCUT2D eigenvalue weighted by atomic mass is 10.00. The molecule has 0 atom stereocenters. The molecule has 2 aromatic heterocycles. The number of thiol groups is 1. The molecular weight excluding hydrogens is 388 g/mol. The molecule has 2 aliphatic rings. The first-order chi connectivity index (χ1) is 13.7. The van der Waals surface area contributed by atoms with Crippen LogP contribution in [0.1, 0.15) is 15.4 Å². The molecule has 3 aromatic rings. The summed E-state index contributed by atoms with van der Waals surface area (Å²) in [6.45, 7) is 5.22. The molecule has 144 valence electrons. The van der Waals surface area contributed by atoms with Crippen LogP contribution in [0.3, 0.4) is 0 Å². The van der Waals surface area contributed by atoms with E-state index in [-0.39, 0.29) is 0 Å². The van der Waals surface area contributed by atoms with E-state index < -0.39 is 0 Å². The van der Waals surface area contributed by atoms with Gasteiger partial charge in [0.05, 0.1) is 12.2 Å². The predicted octanol–water partition coefficient (Wildman–Crippen LogP) is 3.14. The van der Waals surface area contributed by atoms with Gasteiger partial charge in [-0.1, -0.05) is 6.07 Å². The lowest BCUT2D eigenvalue weighted by molar-refractivity contribution is 0.233. The molecule has 0 radical (unpaired) electrons. The molecule has 1 aliphatic carbocycles. The maximum absolute atomic E-state index is 4.97. The zero-order valence-corrected chi connectivity index (χ0v) is 17.2. The number of nitrogens with one attached hydrogen (secondary N) is 2. The van der Waals surface area contributed by atoms with Crippen molar-refractivity contribution in [2.24, 2.45) is 0 Å². The minimum atomic E-state index is 0.599. The first kappa shape index (κ1) is 18.1. The van der Waals surface area contributed by atoms with Gasteiger partial charge in [0, 0.05) is 47.8 Å². The normalized spacial score (nSPS) is 16.5. The van der Waals surface area contributed by atoms with Crippen LogP contribution in [0.5, 0.6) is 0 Å². The number of benzene rings is 1. The smallest absolute Gasteiger partial charge is 0.227 e. The fraction of sp³-hybridized carbons (Fsp3) is 0.350. The number of rotatable bonds is 4. The molecule has 3 heterocycles. The van der Waals surface area contributed by atoms with Crippen molar-refractivity contribution >= 4 is 35.6 Å². The summed E-state index contributed by atoms with van der Waals surface area (Å²) in [6, 6.07) is 7.86. The molecule has 1 fully saturated rings. The minimum absolute atomic E-state index is 0.599. The zero-order chi connectivity index (χ0) is 18.9. The summed E-state index contributed by atoms with van der Waals surface area (Å²) < 4.78 is 0. The molecule has 1 aromatic carbocycles. The van der Waals surface area contributed by atoms with Gasteiger partial charge in [0.2, 0.25) is 5.95 Å². The molecule has 2 N–H and O–H groups in total. The number of piperazine rings is 1. The lowest BCUT2D eigenvalue weighted by Crippen LogP contribution is -2.42. The van der Waals surface area contributed by atoms with Crippen molar-refractivity contribution in [3.8, 4) is 11.4 Å². The minimum Gasteiger partial charge on any atom is -0.324 e. The summed E-state index contributed by atoms with van der Waals surface area (Å²) in [5.74, 6) is 0.599. The molecule has 1 aliphatic heterocycles. The van der Waals surface area contributed by atoms with Crippen LogP contribution in [0.2, 0.25) is 0 Å². The fourth-order valence-electron chi connectivity index (χ4n) is 3.70. The molecule has 0 amide bonds. The van der Waals surface area contributed by atoms with Crippen LogP contribution in [0.4, 0.5) is 11.6 Å².